The van der Waals surface area contributed by atoms with Crippen molar-refractivity contribution in [2.45, 2.75) is 32.8 Å². The van der Waals surface area contributed by atoms with Crippen LogP contribution in [0.5, 0.6) is 5.75 Å². The minimum atomic E-state index is 0.0799. The van der Waals surface area contributed by atoms with E-state index < -0.39 is 0 Å². The number of oxazole rings is 1. The smallest absolute Gasteiger partial charge is 0.227 e. The second-order valence-electron chi connectivity index (χ2n) is 8.95. The van der Waals surface area contributed by atoms with Gasteiger partial charge in [0.25, 0.3) is 0 Å². The molecule has 0 saturated heterocycles. The Morgan fingerprint density at radius 3 is 2.39 bits per heavy atom. The SMILES string of the molecule is CC(C)(C)c1ccc2oc(-c3ccc4cc(OCc5ccccc5)ccc4c3)nc2c1. The summed E-state index contributed by atoms with van der Waals surface area (Å²) in [6.45, 7) is 7.17. The van der Waals surface area contributed by atoms with Gasteiger partial charge in [0.15, 0.2) is 5.58 Å². The fourth-order valence-corrected chi connectivity index (χ4v) is 3.70. The molecule has 154 valence electrons. The Morgan fingerprint density at radius 1 is 0.806 bits per heavy atom. The van der Waals surface area contributed by atoms with Gasteiger partial charge in [-0.1, -0.05) is 69.3 Å². The van der Waals surface area contributed by atoms with Crippen molar-refractivity contribution in [3.05, 3.63) is 96.1 Å². The van der Waals surface area contributed by atoms with Crippen LogP contribution in [-0.4, -0.2) is 4.98 Å². The van der Waals surface area contributed by atoms with Crippen LogP contribution in [0.15, 0.2) is 89.3 Å². The molecule has 0 fully saturated rings. The lowest BCUT2D eigenvalue weighted by molar-refractivity contribution is 0.306. The Morgan fingerprint density at radius 2 is 1.58 bits per heavy atom. The van der Waals surface area contributed by atoms with Crippen molar-refractivity contribution in [2.75, 3.05) is 0 Å². The maximum atomic E-state index is 6.05. The molecule has 1 aromatic heterocycles. The molecule has 0 aliphatic carbocycles. The fraction of sp³-hybridized carbons (Fsp3) is 0.179. The quantitative estimate of drug-likeness (QED) is 0.309. The van der Waals surface area contributed by atoms with Crippen LogP contribution in [0.3, 0.4) is 0 Å². The standard InChI is InChI=1S/C28H25NO2/c1-28(2,3)23-12-14-26-25(17-23)29-27(31-26)22-10-9-21-16-24(13-11-20(21)15-22)30-18-19-7-5-4-6-8-19/h4-17H,18H2,1-3H3. The van der Waals surface area contributed by atoms with Crippen LogP contribution < -0.4 is 4.74 Å². The molecule has 0 radical (unpaired) electrons. The van der Waals surface area contributed by atoms with E-state index in [1.807, 2.05) is 30.3 Å². The summed E-state index contributed by atoms with van der Waals surface area (Å²) in [5.41, 5.74) is 5.17. The highest BCUT2D eigenvalue weighted by Crippen LogP contribution is 2.31. The van der Waals surface area contributed by atoms with Crippen LogP contribution >= 0.6 is 0 Å². The van der Waals surface area contributed by atoms with Gasteiger partial charge in [-0.3, -0.25) is 0 Å². The number of hydrogen-bond acceptors (Lipinski definition) is 3. The van der Waals surface area contributed by atoms with Crippen molar-refractivity contribution >= 4 is 21.9 Å². The predicted octanol–water partition coefficient (Wildman–Crippen LogP) is 7.52. The maximum absolute atomic E-state index is 6.05. The lowest BCUT2D eigenvalue weighted by atomic mass is 9.87. The minimum absolute atomic E-state index is 0.0799. The topological polar surface area (TPSA) is 35.3 Å². The summed E-state index contributed by atoms with van der Waals surface area (Å²) in [5.74, 6) is 1.51. The minimum Gasteiger partial charge on any atom is -0.489 e. The van der Waals surface area contributed by atoms with Crippen molar-refractivity contribution in [1.82, 2.24) is 4.98 Å². The van der Waals surface area contributed by atoms with Gasteiger partial charge in [-0.2, -0.15) is 0 Å². The van der Waals surface area contributed by atoms with Gasteiger partial charge in [0.2, 0.25) is 5.89 Å². The molecule has 0 aliphatic heterocycles. The van der Waals surface area contributed by atoms with Crippen molar-refractivity contribution in [2.24, 2.45) is 0 Å². The van der Waals surface area contributed by atoms with E-state index in [4.69, 9.17) is 14.1 Å². The summed E-state index contributed by atoms with van der Waals surface area (Å²) in [5, 5.41) is 2.25. The van der Waals surface area contributed by atoms with Crippen LogP contribution in [-0.2, 0) is 12.0 Å². The Bertz CT molecular complexity index is 1360. The Labute approximate surface area is 182 Å². The van der Waals surface area contributed by atoms with Gasteiger partial charge in [-0.15, -0.1) is 0 Å². The Kier molecular flexibility index (Phi) is 4.74. The Hall–Kier alpha value is -3.59. The second kappa shape index (κ2) is 7.59. The molecule has 0 N–H and O–H groups in total. The van der Waals surface area contributed by atoms with Gasteiger partial charge in [-0.25, -0.2) is 4.98 Å². The largest absolute Gasteiger partial charge is 0.489 e. The number of benzene rings is 4. The first-order valence-corrected chi connectivity index (χ1v) is 10.6. The molecule has 5 aromatic rings. The van der Waals surface area contributed by atoms with Crippen molar-refractivity contribution in [3.63, 3.8) is 0 Å². The predicted molar refractivity (Wildman–Crippen MR) is 126 cm³/mol. The van der Waals surface area contributed by atoms with Gasteiger partial charge in [-0.05, 0) is 63.7 Å². The molecule has 0 saturated carbocycles. The number of rotatable bonds is 4. The highest BCUT2D eigenvalue weighted by atomic mass is 16.5. The zero-order valence-electron chi connectivity index (χ0n) is 18.1. The third kappa shape index (κ3) is 4.04. The van der Waals surface area contributed by atoms with Crippen LogP contribution in [0.25, 0.3) is 33.3 Å². The number of aromatic nitrogens is 1. The number of fused-ring (bicyclic) bond motifs is 2. The second-order valence-corrected chi connectivity index (χ2v) is 8.95. The first-order chi connectivity index (χ1) is 15.0. The highest BCUT2D eigenvalue weighted by molar-refractivity contribution is 5.88. The fourth-order valence-electron chi connectivity index (χ4n) is 3.70. The van der Waals surface area contributed by atoms with Crippen molar-refractivity contribution < 1.29 is 9.15 Å². The van der Waals surface area contributed by atoms with Crippen LogP contribution in [0, 0.1) is 0 Å². The van der Waals surface area contributed by atoms with Gasteiger partial charge >= 0.3 is 0 Å². The van der Waals surface area contributed by atoms with E-state index in [1.54, 1.807) is 0 Å². The first kappa shape index (κ1) is 19.4. The normalized spacial score (nSPS) is 11.8. The molecule has 0 spiro atoms. The summed E-state index contributed by atoms with van der Waals surface area (Å²) in [6, 6.07) is 28.9. The average molecular weight is 408 g/mol. The van der Waals surface area contributed by atoms with Crippen molar-refractivity contribution in [1.29, 1.82) is 0 Å². The first-order valence-electron chi connectivity index (χ1n) is 10.6. The molecule has 0 bridgehead atoms. The lowest BCUT2D eigenvalue weighted by Crippen LogP contribution is -2.10. The summed E-state index contributed by atoms with van der Waals surface area (Å²) in [6.07, 6.45) is 0. The zero-order chi connectivity index (χ0) is 21.4. The van der Waals surface area contributed by atoms with E-state index in [0.717, 1.165) is 38.7 Å². The molecule has 5 rings (SSSR count). The lowest BCUT2D eigenvalue weighted by Gasteiger charge is -2.18. The Balaban J connectivity index is 1.42. The zero-order valence-corrected chi connectivity index (χ0v) is 18.1. The van der Waals surface area contributed by atoms with Crippen molar-refractivity contribution in [3.8, 4) is 17.2 Å². The molecule has 4 aromatic carbocycles. The molecule has 3 nitrogen and oxygen atoms in total. The summed E-state index contributed by atoms with van der Waals surface area (Å²) in [4.78, 5) is 4.75. The summed E-state index contributed by atoms with van der Waals surface area (Å²) >= 11 is 0. The molecule has 0 atom stereocenters. The molecular weight excluding hydrogens is 382 g/mol. The van der Waals surface area contributed by atoms with Gasteiger partial charge in [0, 0.05) is 5.56 Å². The molecule has 0 unspecified atom stereocenters. The molecule has 0 amide bonds. The van der Waals surface area contributed by atoms with E-state index in [2.05, 4.69) is 75.4 Å². The summed E-state index contributed by atoms with van der Waals surface area (Å²) in [7, 11) is 0. The van der Waals surface area contributed by atoms with Crippen LogP contribution in [0.2, 0.25) is 0 Å². The molecular formula is C28H25NO2. The number of ether oxygens (including phenoxy) is 1. The van der Waals surface area contributed by atoms with Crippen LogP contribution in [0.4, 0.5) is 0 Å². The van der Waals surface area contributed by atoms with E-state index in [9.17, 15) is 0 Å². The van der Waals surface area contributed by atoms with Gasteiger partial charge in [0.1, 0.15) is 17.9 Å². The van der Waals surface area contributed by atoms with E-state index in [-0.39, 0.29) is 5.41 Å². The highest BCUT2D eigenvalue weighted by Gasteiger charge is 2.16. The van der Waals surface area contributed by atoms with E-state index in [1.165, 1.54) is 5.56 Å². The number of nitrogens with zero attached hydrogens (tertiary/aromatic N) is 1. The third-order valence-corrected chi connectivity index (χ3v) is 5.56. The third-order valence-electron chi connectivity index (χ3n) is 5.56. The monoisotopic (exact) mass is 407 g/mol. The molecule has 0 aliphatic rings. The van der Waals surface area contributed by atoms with Gasteiger partial charge < -0.3 is 9.15 Å². The number of hydrogen-bond donors (Lipinski definition) is 0. The van der Waals surface area contributed by atoms with E-state index in [0.29, 0.717) is 12.5 Å². The average Bonchev–Trinajstić information content (AvgIpc) is 3.21. The maximum Gasteiger partial charge on any atom is 0.227 e. The van der Waals surface area contributed by atoms with E-state index >= 15 is 0 Å². The van der Waals surface area contributed by atoms with Gasteiger partial charge in [0.05, 0.1) is 0 Å². The molecule has 31 heavy (non-hydrogen) atoms. The van der Waals surface area contributed by atoms with Crippen LogP contribution in [0.1, 0.15) is 31.9 Å². The molecule has 1 heterocycles. The molecule has 3 heteroatoms. The summed E-state index contributed by atoms with van der Waals surface area (Å²) < 4.78 is 12.0.